The van der Waals surface area contributed by atoms with Gasteiger partial charge in [0.1, 0.15) is 11.6 Å². The predicted molar refractivity (Wildman–Crippen MR) is 87.9 cm³/mol. The molecule has 1 aliphatic rings. The van der Waals surface area contributed by atoms with Crippen molar-refractivity contribution < 1.29 is 9.59 Å². The van der Waals surface area contributed by atoms with Gasteiger partial charge in [-0.2, -0.15) is 5.26 Å². The first-order chi connectivity index (χ1) is 10.3. The minimum Gasteiger partial charge on any atom is -0.377 e. The highest BCUT2D eigenvalue weighted by Crippen LogP contribution is 2.28. The Balaban J connectivity index is 2.51. The normalized spacial score (nSPS) is 16.6. The lowest BCUT2D eigenvalue weighted by Gasteiger charge is -2.17. The second-order valence-corrected chi connectivity index (χ2v) is 5.91. The van der Waals surface area contributed by atoms with Crippen molar-refractivity contribution in [2.24, 2.45) is 0 Å². The van der Waals surface area contributed by atoms with Gasteiger partial charge in [0, 0.05) is 24.1 Å². The molecule has 22 heavy (non-hydrogen) atoms. The van der Waals surface area contributed by atoms with Crippen LogP contribution in [0.3, 0.4) is 0 Å². The van der Waals surface area contributed by atoms with Crippen molar-refractivity contribution in [1.82, 2.24) is 5.32 Å². The fourth-order valence-corrected chi connectivity index (χ4v) is 2.91. The molecule has 2 amide bonds. The van der Waals surface area contributed by atoms with Crippen molar-refractivity contribution in [3.05, 3.63) is 45.0 Å². The van der Waals surface area contributed by atoms with Crippen LogP contribution in [0.1, 0.15) is 12.5 Å². The molecular formula is C16H14BrN3O2. The van der Waals surface area contributed by atoms with E-state index in [1.54, 1.807) is 13.0 Å². The summed E-state index contributed by atoms with van der Waals surface area (Å²) in [6, 6.07) is 7.51. The minimum atomic E-state index is -0.647. The van der Waals surface area contributed by atoms with Gasteiger partial charge in [-0.25, -0.2) is 0 Å². The third-order valence-corrected chi connectivity index (χ3v) is 3.99. The van der Waals surface area contributed by atoms with Crippen molar-refractivity contribution in [3.63, 3.8) is 0 Å². The summed E-state index contributed by atoms with van der Waals surface area (Å²) in [5, 5.41) is 11.2. The average Bonchev–Trinajstić information content (AvgIpc) is 2.43. The molecule has 0 saturated carbocycles. The molecule has 0 unspecified atom stereocenters. The zero-order chi connectivity index (χ0) is 16.4. The summed E-state index contributed by atoms with van der Waals surface area (Å²) in [5.41, 5.74) is 2.49. The Morgan fingerprint density at radius 1 is 1.27 bits per heavy atom. The number of amides is 2. The maximum Gasteiger partial charge on any atom is 0.269 e. The van der Waals surface area contributed by atoms with Crippen LogP contribution in [-0.2, 0) is 9.59 Å². The van der Waals surface area contributed by atoms with Crippen LogP contribution in [0.25, 0.3) is 6.08 Å². The predicted octanol–water partition coefficient (Wildman–Crippen LogP) is 2.39. The first-order valence-corrected chi connectivity index (χ1v) is 7.30. The Morgan fingerprint density at radius 2 is 1.95 bits per heavy atom. The highest BCUT2D eigenvalue weighted by molar-refractivity contribution is 9.10. The molecule has 0 atom stereocenters. The first-order valence-electron chi connectivity index (χ1n) is 6.50. The number of carbonyl (C=O) groups is 2. The Labute approximate surface area is 137 Å². The molecule has 112 valence electrons. The third-order valence-electron chi connectivity index (χ3n) is 3.35. The van der Waals surface area contributed by atoms with E-state index in [0.717, 1.165) is 15.7 Å². The largest absolute Gasteiger partial charge is 0.377 e. The minimum absolute atomic E-state index is 0.0326. The van der Waals surface area contributed by atoms with Gasteiger partial charge in [-0.1, -0.05) is 6.07 Å². The van der Waals surface area contributed by atoms with Gasteiger partial charge < -0.3 is 4.90 Å². The van der Waals surface area contributed by atoms with Gasteiger partial charge in [0.05, 0.1) is 5.69 Å². The van der Waals surface area contributed by atoms with Crippen LogP contribution in [0.4, 0.5) is 5.69 Å². The van der Waals surface area contributed by atoms with Gasteiger partial charge in [0.25, 0.3) is 11.8 Å². The van der Waals surface area contributed by atoms with Gasteiger partial charge in [0.2, 0.25) is 0 Å². The molecule has 1 aromatic rings. The van der Waals surface area contributed by atoms with Crippen LogP contribution in [0.5, 0.6) is 0 Å². The number of hydrogen-bond acceptors (Lipinski definition) is 4. The number of carbonyl (C=O) groups excluding carboxylic acids is 2. The summed E-state index contributed by atoms with van der Waals surface area (Å²) in [6.07, 6.45) is 1.67. The Hall–Kier alpha value is -2.39. The summed E-state index contributed by atoms with van der Waals surface area (Å²) in [5.74, 6) is -1.14. The molecule has 1 aromatic carbocycles. The molecule has 1 heterocycles. The monoisotopic (exact) mass is 359 g/mol. The Morgan fingerprint density at radius 3 is 2.50 bits per heavy atom. The molecule has 5 nitrogen and oxygen atoms in total. The highest BCUT2D eigenvalue weighted by Gasteiger charge is 2.27. The van der Waals surface area contributed by atoms with Crippen molar-refractivity contribution in [2.75, 3.05) is 19.0 Å². The Bertz CT molecular complexity index is 770. The molecule has 1 aliphatic heterocycles. The van der Waals surface area contributed by atoms with Crippen molar-refractivity contribution in [3.8, 4) is 6.07 Å². The molecule has 0 fully saturated rings. The molecule has 0 aromatic heterocycles. The average molecular weight is 360 g/mol. The fraction of sp³-hybridized carbons (Fsp3) is 0.188. The summed E-state index contributed by atoms with van der Waals surface area (Å²) in [7, 11) is 3.87. The van der Waals surface area contributed by atoms with E-state index in [9.17, 15) is 9.59 Å². The van der Waals surface area contributed by atoms with Gasteiger partial charge in [0.15, 0.2) is 0 Å². The quantitative estimate of drug-likeness (QED) is 0.649. The molecule has 0 spiro atoms. The number of halogens is 1. The molecule has 0 aliphatic carbocycles. The van der Waals surface area contributed by atoms with E-state index in [-0.39, 0.29) is 5.57 Å². The summed E-state index contributed by atoms with van der Waals surface area (Å²) >= 11 is 3.49. The molecule has 2 rings (SSSR count). The fourth-order valence-electron chi connectivity index (χ4n) is 2.16. The standard InChI is InChI=1S/C16H14BrN3O2/c1-9-11(15(21)19-16(22)12(9)8-18)6-10-4-5-14(20(2)3)13(17)7-10/h4-7H,1-3H3,(H,19,21,22)/b11-6-. The second-order valence-electron chi connectivity index (χ2n) is 5.06. The van der Waals surface area contributed by atoms with E-state index in [1.807, 2.05) is 43.3 Å². The summed E-state index contributed by atoms with van der Waals surface area (Å²) in [4.78, 5) is 25.5. The van der Waals surface area contributed by atoms with E-state index >= 15 is 0 Å². The zero-order valence-corrected chi connectivity index (χ0v) is 14.0. The zero-order valence-electron chi connectivity index (χ0n) is 12.4. The maximum atomic E-state index is 12.0. The van der Waals surface area contributed by atoms with Crippen LogP contribution >= 0.6 is 15.9 Å². The van der Waals surface area contributed by atoms with E-state index in [2.05, 4.69) is 21.2 Å². The number of benzene rings is 1. The van der Waals surface area contributed by atoms with Crippen molar-refractivity contribution in [1.29, 1.82) is 5.26 Å². The summed E-state index contributed by atoms with van der Waals surface area (Å²) < 4.78 is 0.890. The number of nitrogens with one attached hydrogen (secondary N) is 1. The summed E-state index contributed by atoms with van der Waals surface area (Å²) in [6.45, 7) is 1.60. The SMILES string of the molecule is CC1=C(C#N)C(=O)NC(=O)/C1=C\c1ccc(N(C)C)c(Br)c1. The Kier molecular flexibility index (Phi) is 4.48. The molecule has 0 saturated heterocycles. The van der Waals surface area contributed by atoms with E-state index < -0.39 is 11.8 Å². The van der Waals surface area contributed by atoms with Crippen LogP contribution in [0.15, 0.2) is 39.4 Å². The van der Waals surface area contributed by atoms with Crippen LogP contribution < -0.4 is 10.2 Å². The van der Waals surface area contributed by atoms with Gasteiger partial charge >= 0.3 is 0 Å². The van der Waals surface area contributed by atoms with Gasteiger partial charge in [-0.3, -0.25) is 14.9 Å². The van der Waals surface area contributed by atoms with Crippen molar-refractivity contribution in [2.45, 2.75) is 6.92 Å². The third kappa shape index (κ3) is 2.95. The maximum absolute atomic E-state index is 12.0. The van der Waals surface area contributed by atoms with E-state index in [0.29, 0.717) is 11.1 Å². The van der Waals surface area contributed by atoms with E-state index in [4.69, 9.17) is 5.26 Å². The first kappa shape index (κ1) is 16.0. The lowest BCUT2D eigenvalue weighted by Crippen LogP contribution is -2.37. The molecule has 0 bridgehead atoms. The van der Waals surface area contributed by atoms with Crippen LogP contribution in [0.2, 0.25) is 0 Å². The number of hydrogen-bond donors (Lipinski definition) is 1. The lowest BCUT2D eigenvalue weighted by molar-refractivity contribution is -0.126. The molecule has 1 N–H and O–H groups in total. The molecule has 6 heteroatoms. The van der Waals surface area contributed by atoms with Gasteiger partial charge in [-0.05, 0) is 52.2 Å². The van der Waals surface area contributed by atoms with Crippen LogP contribution in [0, 0.1) is 11.3 Å². The number of rotatable bonds is 2. The lowest BCUT2D eigenvalue weighted by atomic mass is 9.95. The van der Waals surface area contributed by atoms with Crippen molar-refractivity contribution >= 4 is 39.5 Å². The molecule has 0 radical (unpaired) electrons. The smallest absolute Gasteiger partial charge is 0.269 e. The number of nitrogens with zero attached hydrogens (tertiary/aromatic N) is 2. The molecular weight excluding hydrogens is 346 g/mol. The van der Waals surface area contributed by atoms with Gasteiger partial charge in [-0.15, -0.1) is 0 Å². The number of imide groups is 1. The highest BCUT2D eigenvalue weighted by atomic mass is 79.9. The topological polar surface area (TPSA) is 73.2 Å². The number of nitriles is 1. The van der Waals surface area contributed by atoms with E-state index in [1.165, 1.54) is 0 Å². The number of anilines is 1. The second kappa shape index (κ2) is 6.16. The van der Waals surface area contributed by atoms with Crippen LogP contribution in [-0.4, -0.2) is 25.9 Å².